The van der Waals surface area contributed by atoms with Gasteiger partial charge in [0.05, 0.1) is 0 Å². The smallest absolute Gasteiger partial charge is 0.101 e. The summed E-state index contributed by atoms with van der Waals surface area (Å²) in [7, 11) is 0. The number of rotatable bonds is 7. The zero-order chi connectivity index (χ0) is 17.8. The minimum Gasteiger partial charge on any atom is -0.260 e. The Morgan fingerprint density at radius 2 is 2.00 bits per heavy atom. The van der Waals surface area contributed by atoms with Gasteiger partial charge < -0.3 is 0 Å². The highest BCUT2D eigenvalue weighted by molar-refractivity contribution is 9.10. The molecule has 0 saturated heterocycles. The van der Waals surface area contributed by atoms with Gasteiger partial charge in [0, 0.05) is 22.3 Å². The number of fused-ring (bicyclic) bond motifs is 1. The van der Waals surface area contributed by atoms with Gasteiger partial charge in [0.15, 0.2) is 0 Å². The molecular formula is C22H27BrFN. The second-order valence-electron chi connectivity index (χ2n) is 7.40. The molecule has 0 fully saturated rings. The number of hydrogen-bond donors (Lipinski definition) is 0. The molecule has 4 atom stereocenters. The second-order valence-corrected chi connectivity index (χ2v) is 8.31. The van der Waals surface area contributed by atoms with Crippen molar-refractivity contribution in [3.05, 3.63) is 63.9 Å². The lowest BCUT2D eigenvalue weighted by molar-refractivity contribution is 0.228. The molecule has 0 saturated carbocycles. The third-order valence-electron chi connectivity index (χ3n) is 5.70. The van der Waals surface area contributed by atoms with E-state index in [1.54, 1.807) is 0 Å². The molecule has 0 bridgehead atoms. The monoisotopic (exact) mass is 403 g/mol. The van der Waals surface area contributed by atoms with E-state index in [0.717, 1.165) is 23.0 Å². The topological polar surface area (TPSA) is 12.9 Å². The van der Waals surface area contributed by atoms with Crippen LogP contribution in [0.5, 0.6) is 0 Å². The van der Waals surface area contributed by atoms with Crippen molar-refractivity contribution in [2.75, 3.05) is 0 Å². The number of nitrogens with zero attached hydrogens (tertiary/aromatic N) is 1. The molecule has 0 aliphatic heterocycles. The van der Waals surface area contributed by atoms with Gasteiger partial charge in [0.2, 0.25) is 0 Å². The molecule has 3 rings (SSSR count). The number of aromatic nitrogens is 1. The normalized spacial score (nSPS) is 20.1. The summed E-state index contributed by atoms with van der Waals surface area (Å²) in [5.41, 5.74) is 3.91. The van der Waals surface area contributed by atoms with Gasteiger partial charge in [0.1, 0.15) is 6.17 Å². The Hall–Kier alpha value is -1.22. The number of hydrogen-bond acceptors (Lipinski definition) is 1. The molecule has 25 heavy (non-hydrogen) atoms. The lowest BCUT2D eigenvalue weighted by atomic mass is 9.83. The Kier molecular flexibility index (Phi) is 6.27. The molecular weight excluding hydrogens is 377 g/mol. The van der Waals surface area contributed by atoms with Crippen LogP contribution in [0, 0.1) is 5.92 Å². The van der Waals surface area contributed by atoms with Gasteiger partial charge >= 0.3 is 0 Å². The van der Waals surface area contributed by atoms with E-state index in [-0.39, 0.29) is 5.92 Å². The first-order chi connectivity index (χ1) is 12.1. The summed E-state index contributed by atoms with van der Waals surface area (Å²) in [5, 5.41) is 0. The molecule has 0 amide bonds. The zero-order valence-corrected chi connectivity index (χ0v) is 16.7. The minimum atomic E-state index is -0.766. The van der Waals surface area contributed by atoms with Crippen LogP contribution in [0.4, 0.5) is 4.39 Å². The molecule has 1 aromatic carbocycles. The average Bonchev–Trinajstić information content (AvgIpc) is 3.04. The lowest BCUT2D eigenvalue weighted by Crippen LogP contribution is -2.16. The van der Waals surface area contributed by atoms with E-state index >= 15 is 0 Å². The summed E-state index contributed by atoms with van der Waals surface area (Å²) >= 11 is 3.41. The molecule has 2 aromatic rings. The second kappa shape index (κ2) is 8.44. The van der Waals surface area contributed by atoms with E-state index in [0.29, 0.717) is 24.7 Å². The largest absolute Gasteiger partial charge is 0.260 e. The van der Waals surface area contributed by atoms with Gasteiger partial charge in [-0.25, -0.2) is 4.39 Å². The summed E-state index contributed by atoms with van der Waals surface area (Å²) in [4.78, 5) is 4.48. The SMILES string of the molecule is CCC(CC(F)CC(C)C1CCc2ccccc21)c1ccc(Br)cn1. The average molecular weight is 404 g/mol. The molecule has 3 heteroatoms. The van der Waals surface area contributed by atoms with E-state index in [4.69, 9.17) is 0 Å². The number of alkyl halides is 1. The van der Waals surface area contributed by atoms with E-state index in [9.17, 15) is 4.39 Å². The van der Waals surface area contributed by atoms with Crippen molar-refractivity contribution in [2.24, 2.45) is 5.92 Å². The van der Waals surface area contributed by atoms with Gasteiger partial charge in [-0.15, -0.1) is 0 Å². The summed E-state index contributed by atoms with van der Waals surface area (Å²) in [6.45, 7) is 4.34. The zero-order valence-electron chi connectivity index (χ0n) is 15.1. The van der Waals surface area contributed by atoms with Gasteiger partial charge in [0.25, 0.3) is 0 Å². The van der Waals surface area contributed by atoms with Crippen LogP contribution in [-0.4, -0.2) is 11.2 Å². The Morgan fingerprint density at radius 1 is 1.20 bits per heavy atom. The van der Waals surface area contributed by atoms with E-state index < -0.39 is 6.17 Å². The van der Waals surface area contributed by atoms with Crippen LogP contribution in [0.2, 0.25) is 0 Å². The summed E-state index contributed by atoms with van der Waals surface area (Å²) in [5.74, 6) is 1.10. The standard InChI is InChI=1S/C22H27BrFN/c1-3-16(22-11-9-18(23)14-25-22)13-19(24)12-15(2)20-10-8-17-6-4-5-7-21(17)20/h4-7,9,11,14-16,19-20H,3,8,10,12-13H2,1-2H3. The van der Waals surface area contributed by atoms with E-state index in [1.807, 2.05) is 18.3 Å². The Morgan fingerprint density at radius 3 is 2.72 bits per heavy atom. The quantitative estimate of drug-likeness (QED) is 0.493. The van der Waals surface area contributed by atoms with E-state index in [2.05, 4.69) is 59.0 Å². The fourth-order valence-electron chi connectivity index (χ4n) is 4.28. The fourth-order valence-corrected chi connectivity index (χ4v) is 4.51. The third kappa shape index (κ3) is 4.49. The highest BCUT2D eigenvalue weighted by atomic mass is 79.9. The van der Waals surface area contributed by atoms with Crippen LogP contribution in [0.1, 0.15) is 68.2 Å². The van der Waals surface area contributed by atoms with Crippen molar-refractivity contribution in [2.45, 2.75) is 64.0 Å². The van der Waals surface area contributed by atoms with Crippen LogP contribution in [0.25, 0.3) is 0 Å². The van der Waals surface area contributed by atoms with Crippen molar-refractivity contribution in [1.82, 2.24) is 4.98 Å². The summed E-state index contributed by atoms with van der Waals surface area (Å²) in [6.07, 6.45) is 5.49. The maximum atomic E-state index is 14.8. The highest BCUT2D eigenvalue weighted by Crippen LogP contribution is 2.41. The molecule has 1 heterocycles. The first-order valence-electron chi connectivity index (χ1n) is 9.41. The van der Waals surface area contributed by atoms with Crippen LogP contribution in [0.3, 0.4) is 0 Å². The predicted octanol–water partition coefficient (Wildman–Crippen LogP) is 6.82. The van der Waals surface area contributed by atoms with Crippen molar-refractivity contribution in [3.8, 4) is 0 Å². The molecule has 0 N–H and O–H groups in total. The number of pyridine rings is 1. The fraction of sp³-hybridized carbons (Fsp3) is 0.500. The Balaban J connectivity index is 1.60. The minimum absolute atomic E-state index is 0.200. The van der Waals surface area contributed by atoms with Crippen LogP contribution < -0.4 is 0 Å². The molecule has 1 nitrogen and oxygen atoms in total. The number of halogens is 2. The molecule has 0 spiro atoms. The molecule has 0 radical (unpaired) electrons. The van der Waals surface area contributed by atoms with Crippen molar-refractivity contribution in [1.29, 1.82) is 0 Å². The molecule has 134 valence electrons. The third-order valence-corrected chi connectivity index (χ3v) is 6.16. The molecule has 1 aliphatic rings. The van der Waals surface area contributed by atoms with Gasteiger partial charge in [-0.05, 0) is 83.1 Å². The Labute approximate surface area is 159 Å². The number of aryl methyl sites for hydroxylation is 1. The van der Waals surface area contributed by atoms with Crippen LogP contribution in [0.15, 0.2) is 47.1 Å². The van der Waals surface area contributed by atoms with Crippen molar-refractivity contribution >= 4 is 15.9 Å². The molecule has 4 unspecified atom stereocenters. The molecule has 1 aromatic heterocycles. The van der Waals surface area contributed by atoms with Gasteiger partial charge in [-0.2, -0.15) is 0 Å². The van der Waals surface area contributed by atoms with Gasteiger partial charge in [-0.3, -0.25) is 4.98 Å². The maximum Gasteiger partial charge on any atom is 0.101 e. The van der Waals surface area contributed by atoms with Crippen molar-refractivity contribution in [3.63, 3.8) is 0 Å². The highest BCUT2D eigenvalue weighted by Gasteiger charge is 2.29. The summed E-state index contributed by atoms with van der Waals surface area (Å²) < 4.78 is 15.8. The number of benzene rings is 1. The van der Waals surface area contributed by atoms with Crippen LogP contribution in [-0.2, 0) is 6.42 Å². The first-order valence-corrected chi connectivity index (χ1v) is 10.2. The molecule has 1 aliphatic carbocycles. The maximum absolute atomic E-state index is 14.8. The van der Waals surface area contributed by atoms with E-state index in [1.165, 1.54) is 17.5 Å². The predicted molar refractivity (Wildman–Crippen MR) is 106 cm³/mol. The van der Waals surface area contributed by atoms with Crippen LogP contribution >= 0.6 is 15.9 Å². The van der Waals surface area contributed by atoms with Gasteiger partial charge in [-0.1, -0.05) is 38.1 Å². The summed E-state index contributed by atoms with van der Waals surface area (Å²) in [6, 6.07) is 12.7. The lowest BCUT2D eigenvalue weighted by Gasteiger charge is -2.24. The first kappa shape index (κ1) is 18.6. The Bertz CT molecular complexity index is 685. The van der Waals surface area contributed by atoms with Crippen molar-refractivity contribution < 1.29 is 4.39 Å².